The predicted octanol–water partition coefficient (Wildman–Crippen LogP) is 4.73. The second-order valence-electron chi connectivity index (χ2n) is 11.7. The lowest BCUT2D eigenvalue weighted by molar-refractivity contribution is -0.322. The number of rotatable bonds is 8. The van der Waals surface area contributed by atoms with Gasteiger partial charge in [0.2, 0.25) is 5.90 Å². The lowest BCUT2D eigenvalue weighted by Crippen LogP contribution is -2.62. The van der Waals surface area contributed by atoms with Crippen LogP contribution >= 0.6 is 0 Å². The molecule has 0 saturated carbocycles. The van der Waals surface area contributed by atoms with Crippen molar-refractivity contribution in [2.24, 2.45) is 10.4 Å². The second-order valence-corrected chi connectivity index (χ2v) is 11.7. The molecule has 0 aromatic carbocycles. The molecule has 7 nitrogen and oxygen atoms in total. The summed E-state index contributed by atoms with van der Waals surface area (Å²) in [6, 6.07) is 0. The molecular weight excluding hydrogens is 384 g/mol. The Morgan fingerprint density at radius 1 is 1.13 bits per heavy atom. The van der Waals surface area contributed by atoms with Crippen LogP contribution in [0.4, 0.5) is 0 Å². The molecule has 1 N–H and O–H groups in total. The van der Waals surface area contributed by atoms with Crippen LogP contribution in [0, 0.1) is 5.41 Å². The van der Waals surface area contributed by atoms with Crippen molar-refractivity contribution in [2.75, 3.05) is 0 Å². The van der Waals surface area contributed by atoms with Gasteiger partial charge in [-0.15, -0.1) is 0 Å². The zero-order chi connectivity index (χ0) is 23.2. The molecule has 1 saturated heterocycles. The Kier molecular flexibility index (Phi) is 6.53. The maximum atomic E-state index is 12.4. The minimum Gasteiger partial charge on any atom is -0.481 e. The van der Waals surface area contributed by atoms with Gasteiger partial charge in [0.1, 0.15) is 0 Å². The summed E-state index contributed by atoms with van der Waals surface area (Å²) in [5.41, 5.74) is -2.73. The van der Waals surface area contributed by atoms with Crippen LogP contribution in [-0.2, 0) is 19.2 Å². The summed E-state index contributed by atoms with van der Waals surface area (Å²) in [5, 5.41) is 11.2. The number of carbonyl (C=O) groups is 2. The van der Waals surface area contributed by atoms with Gasteiger partial charge in [0.15, 0.2) is 11.1 Å². The van der Waals surface area contributed by atoms with Gasteiger partial charge in [-0.1, -0.05) is 13.8 Å². The van der Waals surface area contributed by atoms with Gasteiger partial charge < -0.3 is 9.84 Å². The topological polar surface area (TPSA) is 88.4 Å². The Bertz CT molecular complexity index is 707. The van der Waals surface area contributed by atoms with E-state index in [1.165, 1.54) is 0 Å². The van der Waals surface area contributed by atoms with E-state index < -0.39 is 23.1 Å². The highest BCUT2D eigenvalue weighted by Crippen LogP contribution is 2.44. The minimum atomic E-state index is -1.00. The van der Waals surface area contributed by atoms with Gasteiger partial charge in [-0.25, -0.2) is 9.79 Å². The van der Waals surface area contributed by atoms with E-state index in [0.717, 1.165) is 19.3 Å². The van der Waals surface area contributed by atoms with Crippen LogP contribution in [0.1, 0.15) is 101 Å². The number of carbonyl (C=O) groups excluding carboxylic acids is 1. The number of hydrogen-bond acceptors (Lipinski definition) is 6. The highest BCUT2D eigenvalue weighted by Gasteiger charge is 2.52. The lowest BCUT2D eigenvalue weighted by atomic mass is 9.77. The molecule has 2 aliphatic rings. The molecule has 0 amide bonds. The summed E-state index contributed by atoms with van der Waals surface area (Å²) >= 11 is 0. The van der Waals surface area contributed by atoms with E-state index in [1.54, 1.807) is 13.8 Å². The number of ether oxygens (including phenoxy) is 1. The summed E-state index contributed by atoms with van der Waals surface area (Å²) in [5.74, 6) is -0.944. The molecule has 0 aliphatic carbocycles. The normalized spacial score (nSPS) is 25.4. The van der Waals surface area contributed by atoms with Crippen LogP contribution in [0.15, 0.2) is 4.99 Å². The summed E-state index contributed by atoms with van der Waals surface area (Å²) in [6.45, 7) is 18.1. The highest BCUT2D eigenvalue weighted by molar-refractivity contribution is 6.03. The third-order valence-corrected chi connectivity index (χ3v) is 6.32. The predicted molar refractivity (Wildman–Crippen MR) is 116 cm³/mol. The zero-order valence-electron chi connectivity index (χ0n) is 20.2. The van der Waals surface area contributed by atoms with E-state index >= 15 is 0 Å². The summed E-state index contributed by atoms with van der Waals surface area (Å²) < 4.78 is 5.63. The number of hydrogen-bond donors (Lipinski definition) is 1. The Morgan fingerprint density at radius 2 is 1.67 bits per heavy atom. The van der Waals surface area contributed by atoms with Crippen molar-refractivity contribution >= 4 is 17.8 Å². The first-order valence-electron chi connectivity index (χ1n) is 10.9. The van der Waals surface area contributed by atoms with Crippen LogP contribution in [0.3, 0.4) is 0 Å². The molecule has 0 bridgehead atoms. The molecule has 2 rings (SSSR count). The lowest BCUT2D eigenvalue weighted by Gasteiger charge is -2.54. The Balaban J connectivity index is 2.43. The van der Waals surface area contributed by atoms with Crippen molar-refractivity contribution < 1.29 is 24.3 Å². The number of cyclic esters (lactones) is 1. The van der Waals surface area contributed by atoms with Crippen molar-refractivity contribution in [3.63, 3.8) is 0 Å². The quantitative estimate of drug-likeness (QED) is 0.567. The highest BCUT2D eigenvalue weighted by atomic mass is 16.7. The summed E-state index contributed by atoms with van der Waals surface area (Å²) in [7, 11) is 0. The van der Waals surface area contributed by atoms with Gasteiger partial charge in [-0.2, -0.15) is 5.06 Å². The van der Waals surface area contributed by atoms with E-state index in [2.05, 4.69) is 37.8 Å². The Hall–Kier alpha value is -1.47. The van der Waals surface area contributed by atoms with E-state index in [9.17, 15) is 9.59 Å². The molecule has 0 aromatic rings. The molecule has 0 aromatic heterocycles. The molecule has 7 heteroatoms. The van der Waals surface area contributed by atoms with Crippen molar-refractivity contribution in [1.82, 2.24) is 5.06 Å². The van der Waals surface area contributed by atoms with Crippen LogP contribution < -0.4 is 0 Å². The van der Waals surface area contributed by atoms with Crippen LogP contribution in [0.5, 0.6) is 0 Å². The second kappa shape index (κ2) is 7.90. The molecule has 0 radical (unpaired) electrons. The van der Waals surface area contributed by atoms with Gasteiger partial charge in [-0.05, 0) is 86.0 Å². The fourth-order valence-electron chi connectivity index (χ4n) is 4.78. The van der Waals surface area contributed by atoms with Gasteiger partial charge in [0, 0.05) is 17.5 Å². The van der Waals surface area contributed by atoms with Crippen LogP contribution in [-0.4, -0.2) is 50.2 Å². The molecule has 30 heavy (non-hydrogen) atoms. The first-order chi connectivity index (χ1) is 13.4. The van der Waals surface area contributed by atoms with Crippen molar-refractivity contribution in [3.8, 4) is 0 Å². The SMILES string of the molecule is CC(C)(CCC(=O)O)CC(C)(ON1C(C)(C)CCCC1(C)C)C1=NC(C)(C)C(=O)O1. The van der Waals surface area contributed by atoms with E-state index in [-0.39, 0.29) is 28.8 Å². The average molecular weight is 425 g/mol. The van der Waals surface area contributed by atoms with E-state index in [1.807, 2.05) is 20.8 Å². The zero-order valence-corrected chi connectivity index (χ0v) is 20.2. The molecule has 172 valence electrons. The average Bonchev–Trinajstić information content (AvgIpc) is 2.83. The van der Waals surface area contributed by atoms with Gasteiger partial charge in [0.05, 0.1) is 0 Å². The number of carboxylic acids is 1. The Morgan fingerprint density at radius 3 is 2.10 bits per heavy atom. The molecule has 1 unspecified atom stereocenters. The van der Waals surface area contributed by atoms with Crippen molar-refractivity contribution in [2.45, 2.75) is 123 Å². The number of hydroxylamine groups is 2. The number of nitrogens with zero attached hydrogens (tertiary/aromatic N) is 2. The first-order valence-corrected chi connectivity index (χ1v) is 10.9. The molecule has 1 fully saturated rings. The minimum absolute atomic E-state index is 0.0710. The monoisotopic (exact) mass is 424 g/mol. The third kappa shape index (κ3) is 5.41. The molecule has 1 atom stereocenters. The largest absolute Gasteiger partial charge is 0.481 e. The first kappa shape index (κ1) is 24.8. The molecule has 0 spiro atoms. The van der Waals surface area contributed by atoms with Crippen LogP contribution in [0.2, 0.25) is 0 Å². The van der Waals surface area contributed by atoms with Gasteiger partial charge >= 0.3 is 11.9 Å². The van der Waals surface area contributed by atoms with Crippen molar-refractivity contribution in [3.05, 3.63) is 0 Å². The number of aliphatic carboxylic acids is 1. The molecular formula is C23H40N2O5. The summed E-state index contributed by atoms with van der Waals surface area (Å²) in [6.07, 6.45) is 4.13. The fourth-order valence-corrected chi connectivity index (χ4v) is 4.78. The molecule has 2 aliphatic heterocycles. The van der Waals surface area contributed by atoms with Gasteiger partial charge in [0.25, 0.3) is 0 Å². The number of piperidine rings is 1. The van der Waals surface area contributed by atoms with Gasteiger partial charge in [-0.3, -0.25) is 9.63 Å². The number of aliphatic imine (C=N–C) groups is 1. The standard InChI is InChI=1S/C23H40N2O5/c1-19(2,14-11-16(26)27)15-23(9,17-24-22(7,8)18(28)29-17)30-25-20(3,4)12-10-13-21(25,5)6/h10-15H2,1-9H3,(H,26,27). The smallest absolute Gasteiger partial charge is 0.340 e. The third-order valence-electron chi connectivity index (χ3n) is 6.32. The molecule has 2 heterocycles. The maximum absolute atomic E-state index is 12.4. The fraction of sp³-hybridized carbons (Fsp3) is 0.870. The summed E-state index contributed by atoms with van der Waals surface area (Å²) in [4.78, 5) is 34.9. The number of esters is 1. The van der Waals surface area contributed by atoms with Crippen LogP contribution in [0.25, 0.3) is 0 Å². The maximum Gasteiger partial charge on any atom is 0.340 e. The Labute approximate surface area is 181 Å². The van der Waals surface area contributed by atoms with E-state index in [4.69, 9.17) is 14.7 Å². The van der Waals surface area contributed by atoms with Crippen molar-refractivity contribution in [1.29, 1.82) is 0 Å². The number of carboxylic acid groups (broad SMARTS) is 1. The van der Waals surface area contributed by atoms with E-state index in [0.29, 0.717) is 12.8 Å².